The Balaban J connectivity index is 1.50. The van der Waals surface area contributed by atoms with E-state index in [1.165, 1.54) is 0 Å². The summed E-state index contributed by atoms with van der Waals surface area (Å²) in [6.45, 7) is 3.27. The van der Waals surface area contributed by atoms with Gasteiger partial charge < -0.3 is 9.88 Å². The van der Waals surface area contributed by atoms with E-state index in [4.69, 9.17) is 16.6 Å². The highest BCUT2D eigenvalue weighted by molar-refractivity contribution is 6.30. The van der Waals surface area contributed by atoms with E-state index in [2.05, 4.69) is 5.32 Å². The summed E-state index contributed by atoms with van der Waals surface area (Å²) in [5.74, 6) is 0.753. The monoisotopic (exact) mass is 412 g/mol. The Morgan fingerprint density at radius 1 is 1.21 bits per heavy atom. The summed E-state index contributed by atoms with van der Waals surface area (Å²) in [6.07, 6.45) is 4.73. The molecule has 0 atom stereocenters. The summed E-state index contributed by atoms with van der Waals surface area (Å²) in [5, 5.41) is 3.65. The number of amides is 1. The van der Waals surface area contributed by atoms with Crippen LogP contribution < -0.4 is 10.9 Å². The highest BCUT2D eigenvalue weighted by atomic mass is 35.5. The molecule has 0 unspecified atom stereocenters. The Morgan fingerprint density at radius 3 is 2.79 bits per heavy atom. The topological polar surface area (TPSA) is 68.9 Å². The van der Waals surface area contributed by atoms with Crippen LogP contribution in [0.3, 0.4) is 0 Å². The molecule has 1 aliphatic rings. The van der Waals surface area contributed by atoms with Crippen molar-refractivity contribution in [3.05, 3.63) is 62.8 Å². The van der Waals surface area contributed by atoms with Gasteiger partial charge in [-0.1, -0.05) is 30.2 Å². The van der Waals surface area contributed by atoms with Gasteiger partial charge in [0.2, 0.25) is 5.91 Å². The van der Waals surface area contributed by atoms with Crippen LogP contribution in [0.25, 0.3) is 11.0 Å². The third kappa shape index (κ3) is 4.22. The van der Waals surface area contributed by atoms with Crippen LogP contribution in [0.5, 0.6) is 0 Å². The van der Waals surface area contributed by atoms with Crippen molar-refractivity contribution in [2.45, 2.75) is 52.1 Å². The van der Waals surface area contributed by atoms with Crippen molar-refractivity contribution in [1.29, 1.82) is 0 Å². The number of hydrogen-bond acceptors (Lipinski definition) is 3. The predicted molar refractivity (Wildman–Crippen MR) is 114 cm³/mol. The molecule has 0 saturated carbocycles. The number of carbonyl (C=O) groups excluding carboxylic acids is 1. The van der Waals surface area contributed by atoms with Crippen molar-refractivity contribution in [2.75, 3.05) is 6.54 Å². The number of fused-ring (bicyclic) bond motifs is 2. The number of hydrogen-bond donors (Lipinski definition) is 1. The SMILES string of the molecule is Cc1cc2nc3n(c(=O)c2n1CC(=O)NCCc1ccc(Cl)cc1)CCCCC3. The molecule has 0 bridgehead atoms. The van der Waals surface area contributed by atoms with E-state index in [1.54, 1.807) is 9.13 Å². The van der Waals surface area contributed by atoms with Gasteiger partial charge >= 0.3 is 0 Å². The number of benzene rings is 1. The zero-order valence-electron chi connectivity index (χ0n) is 16.6. The van der Waals surface area contributed by atoms with E-state index < -0.39 is 0 Å². The largest absolute Gasteiger partial charge is 0.354 e. The van der Waals surface area contributed by atoms with E-state index in [1.807, 2.05) is 37.3 Å². The summed E-state index contributed by atoms with van der Waals surface area (Å²) in [4.78, 5) is 30.4. The number of carbonyl (C=O) groups is 1. The third-order valence-corrected chi connectivity index (χ3v) is 5.78. The Bertz CT molecular complexity index is 1100. The zero-order valence-corrected chi connectivity index (χ0v) is 17.3. The molecular weight excluding hydrogens is 388 g/mol. The van der Waals surface area contributed by atoms with Crippen LogP contribution in [0, 0.1) is 6.92 Å². The summed E-state index contributed by atoms with van der Waals surface area (Å²) >= 11 is 5.90. The number of aryl methyl sites for hydroxylation is 2. The van der Waals surface area contributed by atoms with Gasteiger partial charge in [0.05, 0.1) is 5.52 Å². The number of aromatic nitrogens is 3. The number of halogens is 1. The van der Waals surface area contributed by atoms with Gasteiger partial charge in [-0.3, -0.25) is 14.2 Å². The molecule has 152 valence electrons. The second-order valence-electron chi connectivity index (χ2n) is 7.63. The van der Waals surface area contributed by atoms with Gasteiger partial charge in [0.15, 0.2) is 0 Å². The first-order valence-electron chi connectivity index (χ1n) is 10.1. The average molecular weight is 413 g/mol. The molecule has 1 N–H and O–H groups in total. The molecule has 29 heavy (non-hydrogen) atoms. The molecule has 0 spiro atoms. The molecule has 3 heterocycles. The highest BCUT2D eigenvalue weighted by Gasteiger charge is 2.19. The molecule has 3 aromatic rings. The maximum absolute atomic E-state index is 13.1. The van der Waals surface area contributed by atoms with Crippen LogP contribution in [0.15, 0.2) is 35.1 Å². The van der Waals surface area contributed by atoms with Gasteiger partial charge in [0, 0.05) is 30.2 Å². The molecule has 4 rings (SSSR count). The molecule has 2 aromatic heterocycles. The fourth-order valence-electron chi connectivity index (χ4n) is 3.97. The van der Waals surface area contributed by atoms with Crippen molar-refractivity contribution in [3.8, 4) is 0 Å². The van der Waals surface area contributed by atoms with Crippen LogP contribution in [0.2, 0.25) is 5.02 Å². The van der Waals surface area contributed by atoms with Crippen molar-refractivity contribution in [3.63, 3.8) is 0 Å². The van der Waals surface area contributed by atoms with Crippen molar-refractivity contribution < 1.29 is 4.79 Å². The maximum Gasteiger partial charge on any atom is 0.278 e. The van der Waals surface area contributed by atoms with Gasteiger partial charge in [0.25, 0.3) is 5.56 Å². The van der Waals surface area contributed by atoms with Gasteiger partial charge in [-0.2, -0.15) is 0 Å². The van der Waals surface area contributed by atoms with Crippen LogP contribution in [0.4, 0.5) is 0 Å². The molecule has 0 fully saturated rings. The normalized spacial score (nSPS) is 13.9. The van der Waals surface area contributed by atoms with Gasteiger partial charge in [-0.15, -0.1) is 0 Å². The van der Waals surface area contributed by atoms with Crippen LogP contribution >= 0.6 is 11.6 Å². The number of nitrogens with zero attached hydrogens (tertiary/aromatic N) is 3. The standard InChI is InChI=1S/C22H25ClN4O2/c1-15-13-18-21(22(29)26-12-4-2-3-5-19(26)25-18)27(15)14-20(28)24-11-10-16-6-8-17(23)9-7-16/h6-9,13H,2-5,10-12,14H2,1H3,(H,24,28). The lowest BCUT2D eigenvalue weighted by Gasteiger charge is -2.12. The molecular formula is C22H25ClN4O2. The minimum Gasteiger partial charge on any atom is -0.354 e. The van der Waals surface area contributed by atoms with Gasteiger partial charge in [-0.05, 0) is 49.9 Å². The Morgan fingerprint density at radius 2 is 2.00 bits per heavy atom. The minimum atomic E-state index is -0.112. The average Bonchev–Trinajstić information content (AvgIpc) is 2.86. The van der Waals surface area contributed by atoms with Crippen molar-refractivity contribution in [1.82, 2.24) is 19.4 Å². The lowest BCUT2D eigenvalue weighted by atomic mass is 10.1. The maximum atomic E-state index is 13.1. The van der Waals surface area contributed by atoms with Crippen LogP contribution in [-0.4, -0.2) is 26.6 Å². The smallest absolute Gasteiger partial charge is 0.278 e. The molecule has 1 aromatic carbocycles. The first-order chi connectivity index (χ1) is 14.0. The predicted octanol–water partition coefficient (Wildman–Crippen LogP) is 3.25. The lowest BCUT2D eigenvalue weighted by molar-refractivity contribution is -0.121. The second-order valence-corrected chi connectivity index (χ2v) is 8.06. The van der Waals surface area contributed by atoms with Crippen LogP contribution in [-0.2, 0) is 30.7 Å². The molecule has 0 aliphatic carbocycles. The molecule has 0 radical (unpaired) electrons. The van der Waals surface area contributed by atoms with Gasteiger partial charge in [-0.25, -0.2) is 4.98 Å². The van der Waals surface area contributed by atoms with Crippen LogP contribution in [0.1, 0.15) is 36.3 Å². The van der Waals surface area contributed by atoms with E-state index in [9.17, 15) is 9.59 Å². The fourth-order valence-corrected chi connectivity index (χ4v) is 4.09. The Labute approximate surface area is 174 Å². The first kappa shape index (κ1) is 19.7. The molecule has 1 amide bonds. The second kappa shape index (κ2) is 8.41. The molecule has 0 saturated heterocycles. The first-order valence-corrected chi connectivity index (χ1v) is 10.5. The molecule has 6 nitrogen and oxygen atoms in total. The van der Waals surface area contributed by atoms with E-state index in [0.29, 0.717) is 29.1 Å². The fraction of sp³-hybridized carbons (Fsp3) is 0.409. The van der Waals surface area contributed by atoms with E-state index in [0.717, 1.165) is 49.2 Å². The molecule has 1 aliphatic heterocycles. The van der Waals surface area contributed by atoms with Crippen molar-refractivity contribution >= 4 is 28.5 Å². The number of rotatable bonds is 5. The summed E-state index contributed by atoms with van der Waals surface area (Å²) in [6, 6.07) is 9.51. The van der Waals surface area contributed by atoms with Crippen molar-refractivity contribution in [2.24, 2.45) is 0 Å². The van der Waals surface area contributed by atoms with E-state index in [-0.39, 0.29) is 18.0 Å². The number of nitrogens with one attached hydrogen (secondary N) is 1. The lowest BCUT2D eigenvalue weighted by Crippen LogP contribution is -2.31. The Kier molecular flexibility index (Phi) is 5.72. The van der Waals surface area contributed by atoms with Gasteiger partial charge in [0.1, 0.15) is 17.9 Å². The summed E-state index contributed by atoms with van der Waals surface area (Å²) < 4.78 is 3.59. The zero-order chi connectivity index (χ0) is 20.4. The molecule has 7 heteroatoms. The Hall–Kier alpha value is -2.60. The summed E-state index contributed by atoms with van der Waals surface area (Å²) in [5.41, 5.74) is 3.17. The summed E-state index contributed by atoms with van der Waals surface area (Å²) in [7, 11) is 0. The highest BCUT2D eigenvalue weighted by Crippen LogP contribution is 2.18. The quantitative estimate of drug-likeness (QED) is 0.699. The minimum absolute atomic E-state index is 0.0334. The van der Waals surface area contributed by atoms with E-state index >= 15 is 0 Å². The third-order valence-electron chi connectivity index (χ3n) is 5.53.